The molecule has 2 aromatic rings. The summed E-state index contributed by atoms with van der Waals surface area (Å²) in [5.74, 6) is -1.24. The molecule has 0 atom stereocenters. The van der Waals surface area contributed by atoms with Gasteiger partial charge in [-0.15, -0.1) is 0 Å². The molecule has 5 nitrogen and oxygen atoms in total. The average molecular weight is 369 g/mol. The van der Waals surface area contributed by atoms with Gasteiger partial charge >= 0.3 is 11.8 Å². The molecule has 2 amide bonds. The van der Waals surface area contributed by atoms with Crippen LogP contribution in [0.2, 0.25) is 0 Å². The van der Waals surface area contributed by atoms with Crippen molar-refractivity contribution in [2.24, 2.45) is 0 Å². The lowest BCUT2D eigenvalue weighted by Crippen LogP contribution is -2.53. The zero-order valence-corrected chi connectivity index (χ0v) is 15.5. The second-order valence-electron chi connectivity index (χ2n) is 6.54. The smallest absolute Gasteiger partial charge is 0.312 e. The van der Waals surface area contributed by atoms with E-state index in [2.05, 4.69) is 0 Å². The van der Waals surface area contributed by atoms with E-state index in [1.165, 1.54) is 6.07 Å². The maximum atomic E-state index is 13.9. The highest BCUT2D eigenvalue weighted by Crippen LogP contribution is 2.20. The van der Waals surface area contributed by atoms with Gasteiger partial charge in [0.2, 0.25) is 0 Å². The van der Waals surface area contributed by atoms with Gasteiger partial charge < -0.3 is 14.7 Å². The lowest BCUT2D eigenvalue weighted by molar-refractivity contribution is -0.152. The van der Waals surface area contributed by atoms with E-state index >= 15 is 0 Å². The molecular formula is C21H24FN3O2. The number of hydrogen-bond acceptors (Lipinski definition) is 3. The third kappa shape index (κ3) is 4.45. The summed E-state index contributed by atoms with van der Waals surface area (Å²) < 4.78 is 13.9. The van der Waals surface area contributed by atoms with Crippen molar-refractivity contribution in [2.75, 3.05) is 37.6 Å². The minimum absolute atomic E-state index is 0.270. The Bertz CT molecular complexity index is 789. The topological polar surface area (TPSA) is 43.9 Å². The second-order valence-corrected chi connectivity index (χ2v) is 6.54. The van der Waals surface area contributed by atoms with E-state index in [0.29, 0.717) is 45.0 Å². The molecule has 1 fully saturated rings. The molecule has 6 heteroatoms. The molecule has 0 aromatic heterocycles. The summed E-state index contributed by atoms with van der Waals surface area (Å²) in [5.41, 5.74) is 1.53. The molecule has 0 aliphatic carbocycles. The van der Waals surface area contributed by atoms with Crippen molar-refractivity contribution in [2.45, 2.75) is 13.5 Å². The second kappa shape index (κ2) is 8.66. The van der Waals surface area contributed by atoms with Crippen LogP contribution in [0.15, 0.2) is 54.6 Å². The van der Waals surface area contributed by atoms with Gasteiger partial charge in [0.1, 0.15) is 5.82 Å². The number of carbonyl (C=O) groups is 2. The number of halogens is 1. The number of para-hydroxylation sites is 1. The van der Waals surface area contributed by atoms with E-state index in [4.69, 9.17) is 0 Å². The number of likely N-dealkylation sites (N-methyl/N-ethyl adjacent to an activating group) is 1. The van der Waals surface area contributed by atoms with Crippen LogP contribution in [0.25, 0.3) is 0 Å². The van der Waals surface area contributed by atoms with Crippen molar-refractivity contribution >= 4 is 17.5 Å². The number of rotatable bonds is 4. The molecule has 0 spiro atoms. The molecule has 1 saturated heterocycles. The van der Waals surface area contributed by atoms with E-state index in [9.17, 15) is 14.0 Å². The minimum atomic E-state index is -0.485. The highest BCUT2D eigenvalue weighted by Gasteiger charge is 2.29. The van der Waals surface area contributed by atoms with E-state index in [0.717, 1.165) is 5.56 Å². The van der Waals surface area contributed by atoms with Crippen LogP contribution in [0.5, 0.6) is 0 Å². The predicted molar refractivity (Wildman–Crippen MR) is 103 cm³/mol. The van der Waals surface area contributed by atoms with E-state index in [1.807, 2.05) is 42.2 Å². The molecule has 142 valence electrons. The molecule has 0 unspecified atom stereocenters. The van der Waals surface area contributed by atoms with Gasteiger partial charge in [0, 0.05) is 39.3 Å². The van der Waals surface area contributed by atoms with Crippen molar-refractivity contribution in [1.82, 2.24) is 9.80 Å². The first-order valence-electron chi connectivity index (χ1n) is 9.21. The Morgan fingerprint density at radius 3 is 2.22 bits per heavy atom. The van der Waals surface area contributed by atoms with Crippen LogP contribution in [0.1, 0.15) is 12.5 Å². The highest BCUT2D eigenvalue weighted by atomic mass is 19.1. The first-order valence-corrected chi connectivity index (χ1v) is 9.21. The maximum absolute atomic E-state index is 13.9. The summed E-state index contributed by atoms with van der Waals surface area (Å²) in [6.45, 7) is 4.56. The Hall–Kier alpha value is -2.89. The third-order valence-electron chi connectivity index (χ3n) is 4.83. The van der Waals surface area contributed by atoms with Gasteiger partial charge in [-0.2, -0.15) is 0 Å². The Morgan fingerprint density at radius 2 is 1.59 bits per heavy atom. The quantitative estimate of drug-likeness (QED) is 0.778. The van der Waals surface area contributed by atoms with Gasteiger partial charge in [-0.3, -0.25) is 9.59 Å². The van der Waals surface area contributed by atoms with Gasteiger partial charge in [0.15, 0.2) is 0 Å². The summed E-state index contributed by atoms with van der Waals surface area (Å²) in [5, 5.41) is 0. The molecule has 0 radical (unpaired) electrons. The van der Waals surface area contributed by atoms with Crippen LogP contribution in [0.3, 0.4) is 0 Å². The van der Waals surface area contributed by atoms with Crippen LogP contribution in [-0.4, -0.2) is 54.3 Å². The van der Waals surface area contributed by atoms with Crippen molar-refractivity contribution in [3.8, 4) is 0 Å². The fourth-order valence-electron chi connectivity index (χ4n) is 3.26. The summed E-state index contributed by atoms with van der Waals surface area (Å²) in [4.78, 5) is 30.3. The Kier molecular flexibility index (Phi) is 6.06. The number of anilines is 1. The number of piperazine rings is 1. The fourth-order valence-corrected chi connectivity index (χ4v) is 3.26. The SMILES string of the molecule is CCN(Cc1ccccc1)C(=O)C(=O)N1CCN(c2ccccc2F)CC1. The number of benzene rings is 2. The van der Waals surface area contributed by atoms with Crippen LogP contribution < -0.4 is 4.90 Å². The van der Waals surface area contributed by atoms with Crippen molar-refractivity contribution in [3.63, 3.8) is 0 Å². The number of amides is 2. The first kappa shape index (κ1) is 18.9. The number of hydrogen-bond donors (Lipinski definition) is 0. The summed E-state index contributed by atoms with van der Waals surface area (Å²) in [7, 11) is 0. The summed E-state index contributed by atoms with van der Waals surface area (Å²) >= 11 is 0. The Balaban J connectivity index is 1.59. The van der Waals surface area contributed by atoms with Crippen molar-refractivity contribution in [1.29, 1.82) is 0 Å². The van der Waals surface area contributed by atoms with Crippen LogP contribution >= 0.6 is 0 Å². The molecule has 1 aliphatic rings. The largest absolute Gasteiger partial charge is 0.366 e. The normalized spacial score (nSPS) is 14.1. The van der Waals surface area contributed by atoms with Crippen molar-refractivity contribution < 1.29 is 14.0 Å². The minimum Gasteiger partial charge on any atom is -0.366 e. The highest BCUT2D eigenvalue weighted by molar-refractivity contribution is 6.34. The standard InChI is InChI=1S/C21H24FN3O2/c1-2-23(16-17-8-4-3-5-9-17)20(26)21(27)25-14-12-24(13-15-25)19-11-7-6-10-18(19)22/h3-11H,2,12-16H2,1H3. The summed E-state index contributed by atoms with van der Waals surface area (Å²) in [6.07, 6.45) is 0. The summed E-state index contributed by atoms with van der Waals surface area (Å²) in [6, 6.07) is 16.2. The average Bonchev–Trinajstić information content (AvgIpc) is 2.72. The van der Waals surface area contributed by atoms with E-state index in [1.54, 1.807) is 28.0 Å². The van der Waals surface area contributed by atoms with Gasteiger partial charge in [-0.25, -0.2) is 4.39 Å². The molecule has 0 saturated carbocycles. The molecule has 0 bridgehead atoms. The molecule has 1 aliphatic heterocycles. The van der Waals surface area contributed by atoms with Gasteiger partial charge in [-0.1, -0.05) is 42.5 Å². The van der Waals surface area contributed by atoms with Crippen LogP contribution in [0, 0.1) is 5.82 Å². The zero-order chi connectivity index (χ0) is 19.2. The van der Waals surface area contributed by atoms with E-state index in [-0.39, 0.29) is 5.82 Å². The van der Waals surface area contributed by atoms with Gasteiger partial charge in [0.05, 0.1) is 5.69 Å². The third-order valence-corrected chi connectivity index (χ3v) is 4.83. The van der Waals surface area contributed by atoms with Crippen LogP contribution in [-0.2, 0) is 16.1 Å². The predicted octanol–water partition coefficient (Wildman–Crippen LogP) is 2.52. The lowest BCUT2D eigenvalue weighted by Gasteiger charge is -2.36. The molecule has 27 heavy (non-hydrogen) atoms. The van der Waals surface area contributed by atoms with Gasteiger partial charge in [-0.05, 0) is 24.6 Å². The Labute approximate surface area is 159 Å². The molecule has 0 N–H and O–H groups in total. The van der Waals surface area contributed by atoms with E-state index < -0.39 is 11.8 Å². The molecular weight excluding hydrogens is 345 g/mol. The lowest BCUT2D eigenvalue weighted by atomic mass is 10.2. The van der Waals surface area contributed by atoms with Crippen molar-refractivity contribution in [3.05, 3.63) is 66.0 Å². The Morgan fingerprint density at radius 1 is 0.963 bits per heavy atom. The molecule has 2 aromatic carbocycles. The molecule has 3 rings (SSSR count). The number of nitrogens with zero attached hydrogens (tertiary/aromatic N) is 3. The van der Waals surface area contributed by atoms with Gasteiger partial charge in [0.25, 0.3) is 0 Å². The monoisotopic (exact) mass is 369 g/mol. The zero-order valence-electron chi connectivity index (χ0n) is 15.5. The maximum Gasteiger partial charge on any atom is 0.312 e. The fraction of sp³-hybridized carbons (Fsp3) is 0.333. The first-order chi connectivity index (χ1) is 13.1. The van der Waals surface area contributed by atoms with Crippen LogP contribution in [0.4, 0.5) is 10.1 Å². The number of carbonyl (C=O) groups excluding carboxylic acids is 2. The molecule has 1 heterocycles.